The molecule has 2 rings (SSSR count). The molecule has 0 radical (unpaired) electrons. The second kappa shape index (κ2) is 3.30. The molecule has 1 N–H and O–H groups in total. The fourth-order valence-electron chi connectivity index (χ4n) is 1.58. The quantitative estimate of drug-likeness (QED) is 0.780. The lowest BCUT2D eigenvalue weighted by Gasteiger charge is -2.28. The standard InChI is InChI=1S/C8H11NO3S2/c1-2-9-5-6(10)8-7(3-4-13-8)14(9,11)12/h3-4,6,10H,2,5H2,1H3/t6-/m1/s1. The lowest BCUT2D eigenvalue weighted by molar-refractivity contribution is 0.144. The van der Waals surface area contributed by atoms with Gasteiger partial charge in [-0.15, -0.1) is 11.3 Å². The van der Waals surface area contributed by atoms with Crippen LogP contribution in [0.1, 0.15) is 17.9 Å². The van der Waals surface area contributed by atoms with E-state index in [1.807, 2.05) is 0 Å². The second-order valence-electron chi connectivity index (χ2n) is 3.12. The van der Waals surface area contributed by atoms with Crippen LogP contribution in [-0.4, -0.2) is 30.9 Å². The predicted molar refractivity (Wildman–Crippen MR) is 53.7 cm³/mol. The van der Waals surface area contributed by atoms with Crippen LogP contribution in [0.2, 0.25) is 0 Å². The van der Waals surface area contributed by atoms with E-state index in [0.717, 1.165) is 0 Å². The van der Waals surface area contributed by atoms with Crippen molar-refractivity contribution in [1.29, 1.82) is 0 Å². The Labute approximate surface area is 86.8 Å². The molecule has 1 atom stereocenters. The van der Waals surface area contributed by atoms with Crippen LogP contribution in [0.15, 0.2) is 16.3 Å². The summed E-state index contributed by atoms with van der Waals surface area (Å²) in [7, 11) is -3.34. The van der Waals surface area contributed by atoms with E-state index in [4.69, 9.17) is 0 Å². The Morgan fingerprint density at radius 3 is 3.07 bits per heavy atom. The summed E-state index contributed by atoms with van der Waals surface area (Å²) in [5.74, 6) is 0. The molecule has 0 saturated heterocycles. The van der Waals surface area contributed by atoms with Crippen molar-refractivity contribution in [3.05, 3.63) is 16.3 Å². The monoisotopic (exact) mass is 233 g/mol. The zero-order chi connectivity index (χ0) is 10.3. The molecule has 0 fully saturated rings. The average molecular weight is 233 g/mol. The van der Waals surface area contributed by atoms with Gasteiger partial charge in [0.05, 0.1) is 9.77 Å². The van der Waals surface area contributed by atoms with Crippen LogP contribution < -0.4 is 0 Å². The minimum Gasteiger partial charge on any atom is -0.386 e. The highest BCUT2D eigenvalue weighted by Crippen LogP contribution is 2.35. The third-order valence-corrected chi connectivity index (χ3v) is 5.45. The molecule has 14 heavy (non-hydrogen) atoms. The van der Waals surface area contributed by atoms with Gasteiger partial charge in [-0.25, -0.2) is 8.42 Å². The number of hydrogen-bond donors (Lipinski definition) is 1. The highest BCUT2D eigenvalue weighted by Gasteiger charge is 2.35. The molecule has 1 aromatic heterocycles. The molecule has 0 spiro atoms. The van der Waals surface area contributed by atoms with Crippen LogP contribution in [0.5, 0.6) is 0 Å². The first kappa shape index (κ1) is 10.1. The van der Waals surface area contributed by atoms with Gasteiger partial charge in [-0.1, -0.05) is 6.92 Å². The Morgan fingerprint density at radius 1 is 1.71 bits per heavy atom. The molecule has 0 unspecified atom stereocenters. The number of β-amino-alcohol motifs (C(OH)–C–C–N with tert-alkyl or cyclic N) is 1. The van der Waals surface area contributed by atoms with E-state index in [1.54, 1.807) is 18.4 Å². The van der Waals surface area contributed by atoms with Gasteiger partial charge in [0.15, 0.2) is 0 Å². The van der Waals surface area contributed by atoms with Gasteiger partial charge in [0.2, 0.25) is 10.0 Å². The number of fused-ring (bicyclic) bond motifs is 1. The van der Waals surface area contributed by atoms with E-state index >= 15 is 0 Å². The first-order valence-electron chi connectivity index (χ1n) is 4.33. The van der Waals surface area contributed by atoms with Crippen molar-refractivity contribution in [2.24, 2.45) is 0 Å². The normalized spacial score (nSPS) is 26.0. The molecule has 6 heteroatoms. The maximum atomic E-state index is 11.9. The lowest BCUT2D eigenvalue weighted by Crippen LogP contribution is -2.38. The summed E-state index contributed by atoms with van der Waals surface area (Å²) in [5.41, 5.74) is 0. The van der Waals surface area contributed by atoms with Crippen LogP contribution in [-0.2, 0) is 10.0 Å². The Balaban J connectivity index is 2.59. The van der Waals surface area contributed by atoms with Crippen LogP contribution in [0.4, 0.5) is 0 Å². The summed E-state index contributed by atoms with van der Waals surface area (Å²) < 4.78 is 25.0. The van der Waals surface area contributed by atoms with Gasteiger partial charge < -0.3 is 5.11 Å². The van der Waals surface area contributed by atoms with E-state index < -0.39 is 16.1 Å². The van der Waals surface area contributed by atoms with Crippen molar-refractivity contribution in [3.63, 3.8) is 0 Å². The minimum absolute atomic E-state index is 0.173. The van der Waals surface area contributed by atoms with Crippen LogP contribution in [0.25, 0.3) is 0 Å². The fraction of sp³-hybridized carbons (Fsp3) is 0.500. The number of likely N-dealkylation sites (N-methyl/N-ethyl adjacent to an activating group) is 1. The van der Waals surface area contributed by atoms with Crippen LogP contribution >= 0.6 is 11.3 Å². The third-order valence-electron chi connectivity index (χ3n) is 2.31. The Kier molecular flexibility index (Phi) is 2.38. The molecule has 0 amide bonds. The maximum Gasteiger partial charge on any atom is 0.244 e. The number of nitrogens with zero attached hydrogens (tertiary/aromatic N) is 1. The second-order valence-corrected chi connectivity index (χ2v) is 5.97. The highest BCUT2D eigenvalue weighted by atomic mass is 32.2. The summed E-state index contributed by atoms with van der Waals surface area (Å²) in [6, 6.07) is 1.56. The Bertz CT molecular complexity index is 437. The molecule has 0 aliphatic carbocycles. The summed E-state index contributed by atoms with van der Waals surface area (Å²) in [6.45, 7) is 2.34. The van der Waals surface area contributed by atoms with Gasteiger partial charge in [-0.2, -0.15) is 4.31 Å². The molecule has 1 aromatic rings. The maximum absolute atomic E-state index is 11.9. The van der Waals surface area contributed by atoms with E-state index in [0.29, 0.717) is 11.4 Å². The smallest absolute Gasteiger partial charge is 0.244 e. The van der Waals surface area contributed by atoms with E-state index in [-0.39, 0.29) is 11.4 Å². The van der Waals surface area contributed by atoms with Crippen molar-refractivity contribution in [3.8, 4) is 0 Å². The zero-order valence-electron chi connectivity index (χ0n) is 7.67. The largest absolute Gasteiger partial charge is 0.386 e. The summed E-state index contributed by atoms with van der Waals surface area (Å²) >= 11 is 1.29. The predicted octanol–water partition coefficient (Wildman–Crippen LogP) is 0.806. The SMILES string of the molecule is CCN1C[C@@H](O)c2sccc2S1(=O)=O. The molecule has 0 saturated carbocycles. The van der Waals surface area contributed by atoms with E-state index in [9.17, 15) is 13.5 Å². The molecule has 4 nitrogen and oxygen atoms in total. The van der Waals surface area contributed by atoms with Crippen LogP contribution in [0.3, 0.4) is 0 Å². The number of hydrogen-bond acceptors (Lipinski definition) is 4. The lowest BCUT2D eigenvalue weighted by atomic mass is 10.3. The number of aliphatic hydroxyl groups is 1. The molecule has 0 bridgehead atoms. The number of rotatable bonds is 1. The first-order chi connectivity index (χ1) is 6.57. The minimum atomic E-state index is -3.34. The number of sulfonamides is 1. The molecular weight excluding hydrogens is 222 g/mol. The van der Waals surface area contributed by atoms with Gasteiger partial charge >= 0.3 is 0 Å². The molecule has 0 aromatic carbocycles. The first-order valence-corrected chi connectivity index (χ1v) is 6.65. The number of thiophene rings is 1. The summed E-state index contributed by atoms with van der Waals surface area (Å²) in [5, 5.41) is 11.4. The average Bonchev–Trinajstić information content (AvgIpc) is 2.60. The fourth-order valence-corrected chi connectivity index (χ4v) is 4.48. The van der Waals surface area contributed by atoms with Gasteiger partial charge in [-0.05, 0) is 11.4 Å². The molecule has 78 valence electrons. The van der Waals surface area contributed by atoms with Crippen molar-refractivity contribution in [2.75, 3.05) is 13.1 Å². The summed E-state index contributed by atoms with van der Waals surface area (Å²) in [6.07, 6.45) is -0.673. The van der Waals surface area contributed by atoms with Gasteiger partial charge in [0.1, 0.15) is 6.10 Å². The topological polar surface area (TPSA) is 57.6 Å². The van der Waals surface area contributed by atoms with Gasteiger partial charge in [-0.3, -0.25) is 0 Å². The van der Waals surface area contributed by atoms with Crippen molar-refractivity contribution >= 4 is 21.4 Å². The molecule has 1 aliphatic heterocycles. The number of aliphatic hydroxyl groups excluding tert-OH is 1. The van der Waals surface area contributed by atoms with Crippen molar-refractivity contribution < 1.29 is 13.5 Å². The molecule has 2 heterocycles. The summed E-state index contributed by atoms with van der Waals surface area (Å²) in [4.78, 5) is 0.831. The van der Waals surface area contributed by atoms with Gasteiger partial charge in [0.25, 0.3) is 0 Å². The molecule has 1 aliphatic rings. The van der Waals surface area contributed by atoms with Crippen molar-refractivity contribution in [2.45, 2.75) is 17.9 Å². The molecular formula is C8H11NO3S2. The highest BCUT2D eigenvalue weighted by molar-refractivity contribution is 7.89. The third kappa shape index (κ3) is 1.30. The van der Waals surface area contributed by atoms with Crippen molar-refractivity contribution in [1.82, 2.24) is 4.31 Å². The zero-order valence-corrected chi connectivity index (χ0v) is 9.31. The van der Waals surface area contributed by atoms with E-state index in [2.05, 4.69) is 0 Å². The van der Waals surface area contributed by atoms with E-state index in [1.165, 1.54) is 15.6 Å². The Morgan fingerprint density at radius 2 is 2.43 bits per heavy atom. The van der Waals surface area contributed by atoms with Crippen LogP contribution in [0, 0.1) is 0 Å². The Hall–Kier alpha value is -0.430. The van der Waals surface area contributed by atoms with Gasteiger partial charge in [0, 0.05) is 13.1 Å².